The molecule has 0 amide bonds. The molecule has 1 aliphatic heterocycles. The number of fused-ring (bicyclic) bond motifs is 2. The molecule has 3 rings (SSSR count). The molecule has 0 aliphatic carbocycles. The van der Waals surface area contributed by atoms with Crippen LogP contribution in [-0.4, -0.2) is 69.1 Å². The topological polar surface area (TPSA) is 101 Å². The Labute approximate surface area is 234 Å². The predicted molar refractivity (Wildman–Crippen MR) is 148 cm³/mol. The maximum absolute atomic E-state index is 13.0. The van der Waals surface area contributed by atoms with Crippen LogP contribution in [-0.2, 0) is 34.9 Å². The van der Waals surface area contributed by atoms with Crippen LogP contribution in [0, 0.1) is 5.92 Å². The molecule has 0 fully saturated rings. The number of aliphatic hydroxyl groups is 1. The van der Waals surface area contributed by atoms with Gasteiger partial charge in [0.1, 0.15) is 19.3 Å². The molecular formula is C30H38O8S. The van der Waals surface area contributed by atoms with Gasteiger partial charge in [-0.05, 0) is 54.2 Å². The van der Waals surface area contributed by atoms with Gasteiger partial charge in [0.2, 0.25) is 0 Å². The number of hydrogen-bond donors (Lipinski definition) is 1. The predicted octanol–water partition coefficient (Wildman–Crippen LogP) is 4.80. The third kappa shape index (κ3) is 9.47. The Hall–Kier alpha value is -2.69. The van der Waals surface area contributed by atoms with Gasteiger partial charge in [0, 0.05) is 15.4 Å². The van der Waals surface area contributed by atoms with Gasteiger partial charge >= 0.3 is 11.9 Å². The van der Waals surface area contributed by atoms with Crippen LogP contribution in [0.5, 0.6) is 0 Å². The van der Waals surface area contributed by atoms with Crippen LogP contribution < -0.4 is 0 Å². The van der Waals surface area contributed by atoms with Crippen molar-refractivity contribution in [1.29, 1.82) is 0 Å². The summed E-state index contributed by atoms with van der Waals surface area (Å²) in [5, 5.41) is 8.82. The molecule has 0 radical (unpaired) electrons. The summed E-state index contributed by atoms with van der Waals surface area (Å²) in [6.07, 6.45) is -0.111. The number of carbonyl (C=O) groups excluding carboxylic acids is 2. The summed E-state index contributed by atoms with van der Waals surface area (Å²) in [5.41, 5.74) is 3.10. The first kappa shape index (κ1) is 30.8. The minimum Gasteiger partial charge on any atom is -0.459 e. The molecular weight excluding hydrogens is 520 g/mol. The SMILES string of the molecule is C=C(C(=O)OCC(COC(=O)c1ccc2c(c1)Cc1ccccc1S2)OC(CC)OCCOCCO)C(C)C. The molecule has 0 saturated carbocycles. The highest BCUT2D eigenvalue weighted by molar-refractivity contribution is 7.99. The van der Waals surface area contributed by atoms with Crippen LogP contribution in [0.3, 0.4) is 0 Å². The van der Waals surface area contributed by atoms with E-state index in [1.807, 2.05) is 45.0 Å². The molecule has 2 unspecified atom stereocenters. The molecule has 0 bridgehead atoms. The van der Waals surface area contributed by atoms with Crippen LogP contribution in [0.4, 0.5) is 0 Å². The van der Waals surface area contributed by atoms with E-state index in [9.17, 15) is 9.59 Å². The second-order valence-electron chi connectivity index (χ2n) is 9.39. The maximum atomic E-state index is 13.0. The molecule has 1 aliphatic rings. The zero-order valence-corrected chi connectivity index (χ0v) is 23.7. The zero-order chi connectivity index (χ0) is 28.2. The highest BCUT2D eigenvalue weighted by Gasteiger charge is 2.23. The second kappa shape index (κ2) is 15.8. The molecule has 2 atom stereocenters. The summed E-state index contributed by atoms with van der Waals surface area (Å²) in [6.45, 7) is 9.83. The van der Waals surface area contributed by atoms with E-state index in [0.29, 0.717) is 24.2 Å². The van der Waals surface area contributed by atoms with E-state index in [-0.39, 0.29) is 39.0 Å². The van der Waals surface area contributed by atoms with Crippen LogP contribution in [0.15, 0.2) is 64.4 Å². The fourth-order valence-corrected chi connectivity index (χ4v) is 4.82. The third-order valence-corrected chi connectivity index (χ3v) is 7.31. The number of rotatable bonds is 16. The van der Waals surface area contributed by atoms with Crippen molar-refractivity contribution < 1.29 is 38.4 Å². The molecule has 0 aromatic heterocycles. The monoisotopic (exact) mass is 558 g/mol. The summed E-state index contributed by atoms with van der Waals surface area (Å²) < 4.78 is 27.9. The Bertz CT molecular complexity index is 1120. The van der Waals surface area contributed by atoms with Crippen LogP contribution in [0.2, 0.25) is 0 Å². The Morgan fingerprint density at radius 3 is 2.49 bits per heavy atom. The van der Waals surface area contributed by atoms with Gasteiger partial charge in [0.15, 0.2) is 6.29 Å². The van der Waals surface area contributed by atoms with Crippen molar-refractivity contribution in [2.24, 2.45) is 5.92 Å². The van der Waals surface area contributed by atoms with Crippen molar-refractivity contribution in [3.63, 3.8) is 0 Å². The average molecular weight is 559 g/mol. The minimum atomic E-state index is -0.749. The van der Waals surface area contributed by atoms with Gasteiger partial charge in [-0.25, -0.2) is 9.59 Å². The fourth-order valence-electron chi connectivity index (χ4n) is 3.77. The largest absolute Gasteiger partial charge is 0.459 e. The molecule has 2 aromatic carbocycles. The Morgan fingerprint density at radius 2 is 1.74 bits per heavy atom. The molecule has 0 saturated heterocycles. The normalized spacial score (nSPS) is 13.8. The van der Waals surface area contributed by atoms with Crippen molar-refractivity contribution >= 4 is 23.7 Å². The van der Waals surface area contributed by atoms with Gasteiger partial charge in [-0.1, -0.05) is 57.3 Å². The average Bonchev–Trinajstić information content (AvgIpc) is 2.95. The van der Waals surface area contributed by atoms with Gasteiger partial charge < -0.3 is 28.8 Å². The summed E-state index contributed by atoms with van der Waals surface area (Å²) in [7, 11) is 0. The second-order valence-corrected chi connectivity index (χ2v) is 10.5. The van der Waals surface area contributed by atoms with E-state index < -0.39 is 24.3 Å². The molecule has 212 valence electrons. The first-order valence-electron chi connectivity index (χ1n) is 13.2. The number of hydrogen-bond acceptors (Lipinski definition) is 9. The van der Waals surface area contributed by atoms with E-state index in [1.54, 1.807) is 17.8 Å². The van der Waals surface area contributed by atoms with Crippen molar-refractivity contribution in [3.05, 3.63) is 71.3 Å². The lowest BCUT2D eigenvalue weighted by Crippen LogP contribution is -2.34. The standard InChI is InChI=1S/C30H38O8S/c1-5-28(35-15-14-34-13-12-31)38-25(18-36-29(32)21(4)20(2)3)19-37-30(33)23-10-11-27-24(17-23)16-22-8-6-7-9-26(22)39-27/h6-11,17,20,25,28,31H,4-5,12-16,18-19H2,1-3H3. The summed E-state index contributed by atoms with van der Waals surface area (Å²) in [4.78, 5) is 27.7. The number of benzene rings is 2. The van der Waals surface area contributed by atoms with E-state index in [0.717, 1.165) is 16.9 Å². The maximum Gasteiger partial charge on any atom is 0.338 e. The highest BCUT2D eigenvalue weighted by Crippen LogP contribution is 2.39. The summed E-state index contributed by atoms with van der Waals surface area (Å²) in [5.74, 6) is -1.07. The van der Waals surface area contributed by atoms with E-state index >= 15 is 0 Å². The zero-order valence-electron chi connectivity index (χ0n) is 22.9. The quantitative estimate of drug-likeness (QED) is 0.115. The number of aliphatic hydroxyl groups excluding tert-OH is 1. The lowest BCUT2D eigenvalue weighted by atomic mass is 10.0. The summed E-state index contributed by atoms with van der Waals surface area (Å²) in [6, 6.07) is 13.8. The first-order valence-corrected chi connectivity index (χ1v) is 14.0. The van der Waals surface area contributed by atoms with Crippen LogP contribution in [0.1, 0.15) is 48.7 Å². The smallest absolute Gasteiger partial charge is 0.338 e. The van der Waals surface area contributed by atoms with Crippen molar-refractivity contribution in [1.82, 2.24) is 0 Å². The fraction of sp³-hybridized carbons (Fsp3) is 0.467. The Balaban J connectivity index is 1.61. The van der Waals surface area contributed by atoms with E-state index in [1.165, 1.54) is 10.5 Å². The highest BCUT2D eigenvalue weighted by atomic mass is 32.2. The van der Waals surface area contributed by atoms with E-state index in [4.69, 9.17) is 28.8 Å². The molecule has 9 heteroatoms. The molecule has 39 heavy (non-hydrogen) atoms. The molecule has 8 nitrogen and oxygen atoms in total. The molecule has 1 heterocycles. The lowest BCUT2D eigenvalue weighted by Gasteiger charge is -2.24. The summed E-state index contributed by atoms with van der Waals surface area (Å²) >= 11 is 1.69. The van der Waals surface area contributed by atoms with Gasteiger partial charge in [-0.15, -0.1) is 0 Å². The third-order valence-electron chi connectivity index (χ3n) is 6.07. The Kier molecular flexibility index (Phi) is 12.5. The van der Waals surface area contributed by atoms with Crippen molar-refractivity contribution in [2.75, 3.05) is 39.6 Å². The van der Waals surface area contributed by atoms with Crippen molar-refractivity contribution in [3.8, 4) is 0 Å². The number of carbonyl (C=O) groups is 2. The van der Waals surface area contributed by atoms with Gasteiger partial charge in [0.25, 0.3) is 0 Å². The Morgan fingerprint density at radius 1 is 1.00 bits per heavy atom. The van der Waals surface area contributed by atoms with Gasteiger partial charge in [0.05, 0.1) is 32.0 Å². The molecule has 1 N–H and O–H groups in total. The van der Waals surface area contributed by atoms with Crippen molar-refractivity contribution in [2.45, 2.75) is 55.8 Å². The first-order chi connectivity index (χ1) is 18.8. The van der Waals surface area contributed by atoms with Crippen LogP contribution in [0.25, 0.3) is 0 Å². The van der Waals surface area contributed by atoms with Gasteiger partial charge in [-0.2, -0.15) is 0 Å². The molecule has 0 spiro atoms. The lowest BCUT2D eigenvalue weighted by molar-refractivity contribution is -0.197. The number of esters is 2. The number of ether oxygens (including phenoxy) is 5. The minimum absolute atomic E-state index is 0.0607. The van der Waals surface area contributed by atoms with E-state index in [2.05, 4.69) is 18.7 Å². The van der Waals surface area contributed by atoms with Gasteiger partial charge in [-0.3, -0.25) is 0 Å². The molecule has 2 aromatic rings. The van der Waals surface area contributed by atoms with Crippen LogP contribution >= 0.6 is 11.8 Å².